The van der Waals surface area contributed by atoms with Gasteiger partial charge < -0.3 is 14.6 Å². The molecule has 1 N–H and O–H groups in total. The third kappa shape index (κ3) is 4.03. The molecule has 0 aromatic heterocycles. The molecule has 0 amide bonds. The predicted octanol–water partition coefficient (Wildman–Crippen LogP) is 3.56. The van der Waals surface area contributed by atoms with Crippen LogP contribution in [-0.4, -0.2) is 29.9 Å². The molecule has 6 heteroatoms. The maximum atomic E-state index is 13.9. The number of allylic oxidation sites excluding steroid dienone is 2. The topological polar surface area (TPSA) is 55.8 Å². The van der Waals surface area contributed by atoms with E-state index in [2.05, 4.69) is 0 Å². The summed E-state index contributed by atoms with van der Waals surface area (Å²) >= 11 is 0. The van der Waals surface area contributed by atoms with E-state index in [9.17, 15) is 18.7 Å². The molecule has 2 aromatic rings. The molecule has 0 fully saturated rings. The molecule has 2 unspecified atom stereocenters. The Morgan fingerprint density at radius 2 is 1.78 bits per heavy atom. The van der Waals surface area contributed by atoms with Crippen LogP contribution in [0, 0.1) is 11.6 Å². The van der Waals surface area contributed by atoms with Crippen molar-refractivity contribution in [2.45, 2.75) is 18.5 Å². The maximum absolute atomic E-state index is 13.9. The van der Waals surface area contributed by atoms with Crippen LogP contribution in [0.25, 0.3) is 0 Å². The van der Waals surface area contributed by atoms with Crippen LogP contribution in [0.1, 0.15) is 15.9 Å². The highest BCUT2D eigenvalue weighted by Crippen LogP contribution is 2.29. The van der Waals surface area contributed by atoms with E-state index in [1.807, 2.05) is 30.3 Å². The Hall–Kier alpha value is -2.67. The third-order valence-corrected chi connectivity index (χ3v) is 4.26. The molecular weight excluding hydrogens is 354 g/mol. The molecule has 3 rings (SSSR count). The molecule has 2 atom stereocenters. The van der Waals surface area contributed by atoms with Gasteiger partial charge in [-0.3, -0.25) is 4.79 Å². The molecule has 0 aliphatic heterocycles. The summed E-state index contributed by atoms with van der Waals surface area (Å²) in [6.45, 7) is 0.112. The van der Waals surface area contributed by atoms with Crippen molar-refractivity contribution in [2.24, 2.45) is 0 Å². The minimum absolute atomic E-state index is 0.00108. The number of hydrogen-bond acceptors (Lipinski definition) is 4. The molecule has 0 heterocycles. The number of ketones is 1. The highest BCUT2D eigenvalue weighted by molar-refractivity contribution is 6.11. The second kappa shape index (κ2) is 7.92. The van der Waals surface area contributed by atoms with Crippen molar-refractivity contribution in [1.82, 2.24) is 0 Å². The van der Waals surface area contributed by atoms with Gasteiger partial charge in [0.1, 0.15) is 17.7 Å². The van der Waals surface area contributed by atoms with Crippen molar-refractivity contribution < 1.29 is 28.2 Å². The van der Waals surface area contributed by atoms with Gasteiger partial charge in [0.15, 0.2) is 5.78 Å². The van der Waals surface area contributed by atoms with Crippen molar-refractivity contribution in [3.63, 3.8) is 0 Å². The Balaban J connectivity index is 1.81. The summed E-state index contributed by atoms with van der Waals surface area (Å²) in [6, 6.07) is 12.4. The van der Waals surface area contributed by atoms with Crippen LogP contribution in [0.5, 0.6) is 0 Å². The average Bonchev–Trinajstić information content (AvgIpc) is 2.67. The van der Waals surface area contributed by atoms with Crippen molar-refractivity contribution in [2.75, 3.05) is 7.11 Å². The molecule has 4 nitrogen and oxygen atoms in total. The second-order valence-corrected chi connectivity index (χ2v) is 6.06. The van der Waals surface area contributed by atoms with Crippen molar-refractivity contribution >= 4 is 5.78 Å². The van der Waals surface area contributed by atoms with Crippen LogP contribution < -0.4 is 0 Å². The number of carbonyl (C=O) groups excluding carboxylic acids is 1. The van der Waals surface area contributed by atoms with Gasteiger partial charge >= 0.3 is 0 Å². The van der Waals surface area contributed by atoms with E-state index in [4.69, 9.17) is 9.47 Å². The lowest BCUT2D eigenvalue weighted by molar-refractivity contribution is -0.224. The van der Waals surface area contributed by atoms with E-state index in [0.29, 0.717) is 0 Å². The van der Waals surface area contributed by atoms with E-state index in [1.54, 1.807) is 0 Å². The Kier molecular flexibility index (Phi) is 5.60. The standard InChI is InChI=1S/C21H18F2O4/c1-26-18-12-15(20(24)19-16(22)8-5-9-17(19)23)10-11-21(18,25)27-13-14-6-3-2-4-7-14/h2-12,18,25H,13H2,1H3. The predicted molar refractivity (Wildman–Crippen MR) is 94.9 cm³/mol. The normalized spacial score (nSPS) is 21.8. The number of aliphatic hydroxyl groups is 1. The fraction of sp³-hybridized carbons (Fsp3) is 0.190. The lowest BCUT2D eigenvalue weighted by Crippen LogP contribution is -2.45. The summed E-state index contributed by atoms with van der Waals surface area (Å²) in [6.07, 6.45) is 2.78. The molecule has 0 radical (unpaired) electrons. The maximum Gasteiger partial charge on any atom is 0.216 e. The number of Topliss-reactive ketones (excluding diaryl/α,β-unsaturated/α-hetero) is 1. The summed E-state index contributed by atoms with van der Waals surface area (Å²) in [5.41, 5.74) is 0.186. The number of benzene rings is 2. The van der Waals surface area contributed by atoms with Crippen LogP contribution in [0.3, 0.4) is 0 Å². The van der Waals surface area contributed by atoms with Gasteiger partial charge in [-0.15, -0.1) is 0 Å². The number of ether oxygens (including phenoxy) is 2. The van der Waals surface area contributed by atoms with Gasteiger partial charge in [-0.25, -0.2) is 8.78 Å². The molecule has 0 saturated heterocycles. The monoisotopic (exact) mass is 372 g/mol. The molecule has 2 aromatic carbocycles. The first-order chi connectivity index (χ1) is 12.9. The Labute approximate surface area is 155 Å². The lowest BCUT2D eigenvalue weighted by atomic mass is 9.93. The van der Waals surface area contributed by atoms with Gasteiger partial charge in [0, 0.05) is 12.7 Å². The second-order valence-electron chi connectivity index (χ2n) is 6.06. The molecule has 1 aliphatic rings. The fourth-order valence-electron chi connectivity index (χ4n) is 2.79. The minimum Gasteiger partial charge on any atom is -0.371 e. The molecule has 0 spiro atoms. The van der Waals surface area contributed by atoms with E-state index in [0.717, 1.165) is 17.7 Å². The lowest BCUT2D eigenvalue weighted by Gasteiger charge is -2.33. The quantitative estimate of drug-likeness (QED) is 0.622. The zero-order valence-electron chi connectivity index (χ0n) is 14.6. The number of rotatable bonds is 6. The van der Waals surface area contributed by atoms with Gasteiger partial charge in [-0.2, -0.15) is 0 Å². The van der Waals surface area contributed by atoms with E-state index in [1.165, 1.54) is 31.4 Å². The fourth-order valence-corrected chi connectivity index (χ4v) is 2.79. The number of carbonyl (C=O) groups is 1. The van der Waals surface area contributed by atoms with Crippen LogP contribution >= 0.6 is 0 Å². The van der Waals surface area contributed by atoms with E-state index in [-0.39, 0.29) is 12.2 Å². The summed E-state index contributed by atoms with van der Waals surface area (Å²) in [5, 5.41) is 10.7. The van der Waals surface area contributed by atoms with E-state index >= 15 is 0 Å². The first kappa shape index (κ1) is 19.1. The van der Waals surface area contributed by atoms with Gasteiger partial charge in [0.2, 0.25) is 5.79 Å². The zero-order chi connectivity index (χ0) is 19.4. The van der Waals surface area contributed by atoms with Crippen molar-refractivity contribution in [3.8, 4) is 0 Å². The average molecular weight is 372 g/mol. The molecule has 0 bridgehead atoms. The third-order valence-electron chi connectivity index (χ3n) is 4.26. The Bertz CT molecular complexity index is 872. The summed E-state index contributed by atoms with van der Waals surface area (Å²) in [4.78, 5) is 12.5. The van der Waals surface area contributed by atoms with Gasteiger partial charge in [0.05, 0.1) is 12.2 Å². The largest absolute Gasteiger partial charge is 0.371 e. The number of methoxy groups -OCH3 is 1. The highest BCUT2D eigenvalue weighted by atomic mass is 19.1. The summed E-state index contributed by atoms with van der Waals surface area (Å²) < 4.78 is 38.6. The van der Waals surface area contributed by atoms with Crippen LogP contribution in [-0.2, 0) is 16.1 Å². The number of halogens is 2. The summed E-state index contributed by atoms with van der Waals surface area (Å²) in [5.74, 6) is -4.56. The van der Waals surface area contributed by atoms with Crippen LogP contribution in [0.4, 0.5) is 8.78 Å². The molecule has 0 saturated carbocycles. The first-order valence-electron chi connectivity index (χ1n) is 8.27. The highest BCUT2D eigenvalue weighted by Gasteiger charge is 2.38. The SMILES string of the molecule is COC1C=C(C(=O)c2c(F)cccc2F)C=CC1(O)OCc1ccccc1. The van der Waals surface area contributed by atoms with E-state index < -0.39 is 34.9 Å². The van der Waals surface area contributed by atoms with Crippen LogP contribution in [0.15, 0.2) is 72.3 Å². The van der Waals surface area contributed by atoms with Gasteiger partial charge in [0.25, 0.3) is 0 Å². The molecule has 27 heavy (non-hydrogen) atoms. The molecular formula is C21H18F2O4. The van der Waals surface area contributed by atoms with Crippen molar-refractivity contribution in [1.29, 1.82) is 0 Å². The summed E-state index contributed by atoms with van der Waals surface area (Å²) in [7, 11) is 1.34. The number of hydrogen-bond donors (Lipinski definition) is 1. The first-order valence-corrected chi connectivity index (χ1v) is 8.27. The molecule has 1 aliphatic carbocycles. The smallest absolute Gasteiger partial charge is 0.216 e. The Morgan fingerprint density at radius 3 is 2.41 bits per heavy atom. The molecule has 140 valence electrons. The zero-order valence-corrected chi connectivity index (χ0v) is 14.6. The Morgan fingerprint density at radius 1 is 1.11 bits per heavy atom. The van der Waals surface area contributed by atoms with Gasteiger partial charge in [-0.1, -0.05) is 36.4 Å². The van der Waals surface area contributed by atoms with Crippen molar-refractivity contribution in [3.05, 3.63) is 95.1 Å². The van der Waals surface area contributed by atoms with Gasteiger partial charge in [-0.05, 0) is 35.9 Å². The minimum atomic E-state index is -1.82. The van der Waals surface area contributed by atoms with Crippen LogP contribution in [0.2, 0.25) is 0 Å².